The average Bonchev–Trinajstić information content (AvgIpc) is 2.70. The zero-order valence-electron chi connectivity index (χ0n) is 13.7. The van der Waals surface area contributed by atoms with Crippen molar-refractivity contribution in [1.29, 1.82) is 0 Å². The van der Waals surface area contributed by atoms with E-state index in [1.165, 1.54) is 0 Å². The van der Waals surface area contributed by atoms with Gasteiger partial charge in [0.1, 0.15) is 5.54 Å². The molecule has 130 valence electrons. The number of carbonyl (C=O) groups excluding carboxylic acids is 1. The summed E-state index contributed by atoms with van der Waals surface area (Å²) in [5.41, 5.74) is 5.48. The van der Waals surface area contributed by atoms with Gasteiger partial charge in [-0.25, -0.2) is 9.59 Å². The zero-order valence-corrected chi connectivity index (χ0v) is 13.7. The van der Waals surface area contributed by atoms with Gasteiger partial charge < -0.3 is 21.3 Å². The number of carbonyl (C=O) groups is 3. The van der Waals surface area contributed by atoms with Crippen LogP contribution in [0.1, 0.15) is 37.8 Å². The molecular formula is C16H21N3O5. The summed E-state index contributed by atoms with van der Waals surface area (Å²) in [6.45, 7) is 5.70. The molecule has 24 heavy (non-hydrogen) atoms. The minimum atomic E-state index is -1.48. The first-order valence-electron chi connectivity index (χ1n) is 7.41. The lowest BCUT2D eigenvalue weighted by Gasteiger charge is -2.40. The number of hydrogen-bond acceptors (Lipinski definition) is 3. The maximum atomic E-state index is 12.2. The van der Waals surface area contributed by atoms with E-state index in [0.717, 1.165) is 5.56 Å². The lowest BCUT2D eigenvalue weighted by atomic mass is 9.68. The van der Waals surface area contributed by atoms with Gasteiger partial charge in [0.2, 0.25) is 5.91 Å². The Morgan fingerprint density at radius 2 is 1.83 bits per heavy atom. The second kappa shape index (κ2) is 5.70. The Labute approximate surface area is 139 Å². The fourth-order valence-corrected chi connectivity index (χ4v) is 3.71. The quantitative estimate of drug-likeness (QED) is 0.574. The van der Waals surface area contributed by atoms with E-state index in [1.54, 1.807) is 18.2 Å². The summed E-state index contributed by atoms with van der Waals surface area (Å²) in [4.78, 5) is 34.3. The van der Waals surface area contributed by atoms with E-state index in [9.17, 15) is 19.5 Å². The second-order valence-electron chi connectivity index (χ2n) is 7.09. The molecular weight excluding hydrogens is 314 g/mol. The minimum Gasteiger partial charge on any atom is -0.465 e. The van der Waals surface area contributed by atoms with Gasteiger partial charge in [-0.3, -0.25) is 10.1 Å². The van der Waals surface area contributed by atoms with Crippen molar-refractivity contribution in [3.05, 3.63) is 29.3 Å². The number of nitrogens with one attached hydrogen (secondary N) is 2. The molecule has 0 radical (unpaired) electrons. The summed E-state index contributed by atoms with van der Waals surface area (Å²) in [5.74, 6) is -1.23. The van der Waals surface area contributed by atoms with Crippen LogP contribution in [0.4, 0.5) is 15.3 Å². The number of rotatable bonds is 3. The van der Waals surface area contributed by atoms with Crippen LogP contribution in [0.5, 0.6) is 0 Å². The average molecular weight is 335 g/mol. The van der Waals surface area contributed by atoms with Crippen LogP contribution in [0.15, 0.2) is 18.2 Å². The molecule has 2 rings (SSSR count). The molecule has 6 N–H and O–H groups in total. The first-order chi connectivity index (χ1) is 11.0. The molecule has 0 saturated heterocycles. The predicted molar refractivity (Wildman–Crippen MR) is 87.1 cm³/mol. The molecule has 0 heterocycles. The largest absolute Gasteiger partial charge is 0.465 e. The van der Waals surface area contributed by atoms with E-state index < -0.39 is 35.0 Å². The van der Waals surface area contributed by atoms with E-state index in [2.05, 4.69) is 10.6 Å². The predicted octanol–water partition coefficient (Wildman–Crippen LogP) is 1.95. The van der Waals surface area contributed by atoms with Crippen molar-refractivity contribution in [2.45, 2.75) is 38.6 Å². The van der Waals surface area contributed by atoms with Crippen molar-refractivity contribution < 1.29 is 24.6 Å². The van der Waals surface area contributed by atoms with Gasteiger partial charge in [0, 0.05) is 18.0 Å². The fourth-order valence-electron chi connectivity index (χ4n) is 3.71. The highest BCUT2D eigenvalue weighted by Gasteiger charge is 2.56. The lowest BCUT2D eigenvalue weighted by Crippen LogP contribution is -2.62. The number of hydrogen-bond donors (Lipinski definition) is 5. The van der Waals surface area contributed by atoms with E-state index in [-0.39, 0.29) is 6.42 Å². The van der Waals surface area contributed by atoms with Gasteiger partial charge >= 0.3 is 12.2 Å². The van der Waals surface area contributed by atoms with Crippen LogP contribution in [0.2, 0.25) is 0 Å². The van der Waals surface area contributed by atoms with E-state index in [4.69, 9.17) is 10.8 Å². The molecule has 0 aliphatic heterocycles. The number of amides is 3. The monoisotopic (exact) mass is 335 g/mol. The number of benzene rings is 1. The molecule has 0 fully saturated rings. The normalized spacial score (nSPS) is 22.5. The van der Waals surface area contributed by atoms with Gasteiger partial charge in [0.15, 0.2) is 0 Å². The Kier molecular flexibility index (Phi) is 4.18. The van der Waals surface area contributed by atoms with Crippen LogP contribution in [-0.2, 0) is 11.2 Å². The molecule has 1 aliphatic rings. The number of carboxylic acid groups (broad SMARTS) is 2. The molecule has 8 heteroatoms. The van der Waals surface area contributed by atoms with E-state index in [1.807, 2.05) is 20.8 Å². The lowest BCUT2D eigenvalue weighted by molar-refractivity contribution is -0.126. The fraction of sp³-hybridized carbons (Fsp3) is 0.438. The van der Waals surface area contributed by atoms with E-state index >= 15 is 0 Å². The topological polar surface area (TPSA) is 142 Å². The molecule has 0 saturated carbocycles. The van der Waals surface area contributed by atoms with Crippen LogP contribution in [-0.4, -0.2) is 33.8 Å². The zero-order chi connectivity index (χ0) is 18.3. The Morgan fingerprint density at radius 3 is 2.29 bits per heavy atom. The number of nitrogens with two attached hydrogens (primary N) is 1. The van der Waals surface area contributed by atoms with Crippen molar-refractivity contribution in [2.75, 3.05) is 5.32 Å². The molecule has 2 atom stereocenters. The molecule has 3 amide bonds. The standard InChI is InChI=1S/C16H21N3O5/c1-15(2,3)11-10-5-4-9(18-13(21)22)6-8(10)7-16(11,12(17)20)19-14(23)24/h4-6,11,18-19H,7H2,1-3H3,(H2,17,20)(H,21,22)(H,23,24). The third-order valence-electron chi connectivity index (χ3n) is 4.30. The third-order valence-corrected chi connectivity index (χ3v) is 4.30. The maximum absolute atomic E-state index is 12.2. The van der Waals surface area contributed by atoms with Crippen LogP contribution in [0.3, 0.4) is 0 Å². The van der Waals surface area contributed by atoms with Gasteiger partial charge in [-0.15, -0.1) is 0 Å². The first-order valence-corrected chi connectivity index (χ1v) is 7.41. The first kappa shape index (κ1) is 17.6. The van der Waals surface area contributed by atoms with E-state index in [0.29, 0.717) is 11.3 Å². The van der Waals surface area contributed by atoms with Crippen molar-refractivity contribution in [1.82, 2.24) is 5.32 Å². The molecule has 0 aromatic heterocycles. The molecule has 1 aliphatic carbocycles. The molecule has 2 unspecified atom stereocenters. The summed E-state index contributed by atoms with van der Waals surface area (Å²) in [6, 6.07) is 4.91. The SMILES string of the molecule is CC(C)(C)C1c2ccc(NC(=O)O)cc2CC1(NC(=O)O)C(N)=O. The van der Waals surface area contributed by atoms with Crippen LogP contribution in [0.25, 0.3) is 0 Å². The Morgan fingerprint density at radius 1 is 1.21 bits per heavy atom. The summed E-state index contributed by atoms with van der Waals surface area (Å²) in [6.07, 6.45) is -2.47. The van der Waals surface area contributed by atoms with Gasteiger partial charge in [-0.1, -0.05) is 26.8 Å². The number of anilines is 1. The highest BCUT2D eigenvalue weighted by molar-refractivity contribution is 5.92. The van der Waals surface area contributed by atoms with Crippen LogP contribution < -0.4 is 16.4 Å². The molecule has 0 bridgehead atoms. The van der Waals surface area contributed by atoms with Gasteiger partial charge in [0.05, 0.1) is 0 Å². The summed E-state index contributed by atoms with van der Waals surface area (Å²) in [7, 11) is 0. The van der Waals surface area contributed by atoms with Gasteiger partial charge in [-0.2, -0.15) is 0 Å². The maximum Gasteiger partial charge on any atom is 0.409 e. The Bertz CT molecular complexity index is 710. The van der Waals surface area contributed by atoms with Crippen molar-refractivity contribution in [3.8, 4) is 0 Å². The van der Waals surface area contributed by atoms with Gasteiger partial charge in [0.25, 0.3) is 0 Å². The smallest absolute Gasteiger partial charge is 0.409 e. The molecule has 1 aromatic carbocycles. The molecule has 1 aromatic rings. The summed E-state index contributed by atoms with van der Waals surface area (Å²) < 4.78 is 0. The van der Waals surface area contributed by atoms with Gasteiger partial charge in [-0.05, 0) is 28.7 Å². The van der Waals surface area contributed by atoms with Crippen molar-refractivity contribution >= 4 is 23.8 Å². The Hall–Kier alpha value is -2.77. The summed E-state index contributed by atoms with van der Waals surface area (Å²) >= 11 is 0. The molecule has 8 nitrogen and oxygen atoms in total. The van der Waals surface area contributed by atoms with Crippen molar-refractivity contribution in [3.63, 3.8) is 0 Å². The minimum absolute atomic E-state index is 0.0705. The van der Waals surface area contributed by atoms with Crippen LogP contribution >= 0.6 is 0 Å². The highest BCUT2D eigenvalue weighted by atomic mass is 16.4. The molecule has 0 spiro atoms. The third kappa shape index (κ3) is 2.99. The Balaban J connectivity index is 2.60. The van der Waals surface area contributed by atoms with Crippen molar-refractivity contribution in [2.24, 2.45) is 11.1 Å². The number of fused-ring (bicyclic) bond motifs is 1. The second-order valence-corrected chi connectivity index (χ2v) is 7.09. The summed E-state index contributed by atoms with van der Waals surface area (Å²) in [5, 5.41) is 22.6. The van der Waals surface area contributed by atoms with Crippen LogP contribution in [0, 0.1) is 5.41 Å². The highest BCUT2D eigenvalue weighted by Crippen LogP contribution is 2.51. The number of primary amides is 1.